The van der Waals surface area contributed by atoms with Gasteiger partial charge in [-0.2, -0.15) is 0 Å². The molecule has 1 aliphatic carbocycles. The van der Waals surface area contributed by atoms with Crippen LogP contribution < -0.4 is 11.1 Å². The minimum absolute atomic E-state index is 0. The number of benzene rings is 1. The number of halogens is 1. The molecular formula is C17H28IN3O. The van der Waals surface area contributed by atoms with Crippen molar-refractivity contribution in [2.24, 2.45) is 10.7 Å². The maximum absolute atomic E-state index is 5.89. The summed E-state index contributed by atoms with van der Waals surface area (Å²) < 4.78 is 5.89. The molecule has 5 heteroatoms. The van der Waals surface area contributed by atoms with Crippen molar-refractivity contribution in [3.63, 3.8) is 0 Å². The summed E-state index contributed by atoms with van der Waals surface area (Å²) in [7, 11) is 0. The fourth-order valence-corrected chi connectivity index (χ4v) is 2.70. The fraction of sp³-hybridized carbons (Fsp3) is 0.588. The maximum atomic E-state index is 5.89. The van der Waals surface area contributed by atoms with Crippen LogP contribution in [0.25, 0.3) is 0 Å². The molecule has 0 heterocycles. The summed E-state index contributed by atoms with van der Waals surface area (Å²) in [4.78, 5) is 4.32. The summed E-state index contributed by atoms with van der Waals surface area (Å²) in [5.74, 6) is 0.449. The zero-order chi connectivity index (χ0) is 14.9. The number of anilines is 1. The van der Waals surface area contributed by atoms with Crippen molar-refractivity contribution in [2.75, 3.05) is 18.5 Å². The lowest BCUT2D eigenvalue weighted by Crippen LogP contribution is -2.24. The van der Waals surface area contributed by atoms with Crippen molar-refractivity contribution in [1.82, 2.24) is 0 Å². The predicted molar refractivity (Wildman–Crippen MR) is 104 cm³/mol. The molecule has 0 aliphatic heterocycles. The van der Waals surface area contributed by atoms with E-state index in [2.05, 4.69) is 23.3 Å². The van der Waals surface area contributed by atoms with Crippen LogP contribution in [0, 0.1) is 6.92 Å². The van der Waals surface area contributed by atoms with E-state index in [-0.39, 0.29) is 24.0 Å². The van der Waals surface area contributed by atoms with E-state index in [1.165, 1.54) is 44.1 Å². The molecule has 0 bridgehead atoms. The molecule has 0 aromatic heterocycles. The van der Waals surface area contributed by atoms with Crippen molar-refractivity contribution in [3.8, 4) is 0 Å². The number of nitrogens with one attached hydrogen (secondary N) is 1. The van der Waals surface area contributed by atoms with Crippen LogP contribution in [0.15, 0.2) is 29.3 Å². The fourth-order valence-electron chi connectivity index (χ4n) is 2.70. The van der Waals surface area contributed by atoms with Crippen LogP contribution in [0.1, 0.15) is 44.1 Å². The molecule has 124 valence electrons. The number of ether oxygens (including phenoxy) is 1. The first-order chi connectivity index (χ1) is 10.2. The Morgan fingerprint density at radius 1 is 1.27 bits per heavy atom. The molecule has 1 aromatic rings. The second-order valence-corrected chi connectivity index (χ2v) is 5.75. The van der Waals surface area contributed by atoms with E-state index in [0.717, 1.165) is 5.69 Å². The summed E-state index contributed by atoms with van der Waals surface area (Å²) in [5, 5.41) is 3.10. The van der Waals surface area contributed by atoms with Gasteiger partial charge in [-0.25, -0.2) is 0 Å². The molecule has 22 heavy (non-hydrogen) atoms. The van der Waals surface area contributed by atoms with Crippen molar-refractivity contribution in [2.45, 2.75) is 51.6 Å². The van der Waals surface area contributed by atoms with Gasteiger partial charge in [0.2, 0.25) is 0 Å². The van der Waals surface area contributed by atoms with E-state index < -0.39 is 0 Å². The highest BCUT2D eigenvalue weighted by atomic mass is 127. The van der Waals surface area contributed by atoms with Crippen LogP contribution >= 0.6 is 24.0 Å². The molecule has 3 N–H and O–H groups in total. The average molecular weight is 417 g/mol. The first-order valence-electron chi connectivity index (χ1n) is 7.99. The topological polar surface area (TPSA) is 59.6 Å². The second kappa shape index (κ2) is 10.8. The van der Waals surface area contributed by atoms with Crippen LogP contribution in [0.4, 0.5) is 5.69 Å². The molecule has 1 fully saturated rings. The van der Waals surface area contributed by atoms with Crippen LogP contribution in [0.3, 0.4) is 0 Å². The number of guanidine groups is 1. The summed E-state index contributed by atoms with van der Waals surface area (Å²) >= 11 is 0. The number of hydrogen-bond acceptors (Lipinski definition) is 2. The lowest BCUT2D eigenvalue weighted by atomic mass is 10.1. The van der Waals surface area contributed by atoms with Gasteiger partial charge in [0.15, 0.2) is 5.96 Å². The van der Waals surface area contributed by atoms with E-state index in [1.807, 2.05) is 18.2 Å². The Kier molecular flexibility index (Phi) is 9.47. The average Bonchev–Trinajstić information content (AvgIpc) is 2.72. The third-order valence-corrected chi connectivity index (χ3v) is 3.82. The second-order valence-electron chi connectivity index (χ2n) is 5.75. The van der Waals surface area contributed by atoms with Gasteiger partial charge >= 0.3 is 0 Å². The first-order valence-corrected chi connectivity index (χ1v) is 7.99. The highest BCUT2D eigenvalue weighted by Crippen LogP contribution is 2.19. The Balaban J connectivity index is 0.00000242. The number of aryl methyl sites for hydroxylation is 1. The third-order valence-electron chi connectivity index (χ3n) is 3.82. The van der Waals surface area contributed by atoms with E-state index in [1.54, 1.807) is 0 Å². The Bertz CT molecular complexity index is 457. The predicted octanol–water partition coefficient (Wildman–Crippen LogP) is 4.08. The third kappa shape index (κ3) is 7.45. The Morgan fingerprint density at radius 2 is 2.00 bits per heavy atom. The summed E-state index contributed by atoms with van der Waals surface area (Å²) in [6.07, 6.45) is 8.11. The van der Waals surface area contributed by atoms with Crippen molar-refractivity contribution in [3.05, 3.63) is 29.8 Å². The van der Waals surface area contributed by atoms with E-state index in [0.29, 0.717) is 25.2 Å². The van der Waals surface area contributed by atoms with E-state index in [9.17, 15) is 0 Å². The number of nitrogens with two attached hydrogens (primary N) is 1. The van der Waals surface area contributed by atoms with E-state index >= 15 is 0 Å². The maximum Gasteiger partial charge on any atom is 0.193 e. The van der Waals surface area contributed by atoms with Gasteiger partial charge in [0.1, 0.15) is 0 Å². The normalized spacial score (nSPS) is 16.7. The molecular weight excluding hydrogens is 389 g/mol. The molecule has 0 amide bonds. The highest BCUT2D eigenvalue weighted by Gasteiger charge is 2.11. The number of aliphatic imine (C=N–C) groups is 1. The highest BCUT2D eigenvalue weighted by molar-refractivity contribution is 14.0. The molecule has 0 radical (unpaired) electrons. The Labute approximate surface area is 150 Å². The summed E-state index contributed by atoms with van der Waals surface area (Å²) in [5.41, 5.74) is 8.06. The Hall–Kier alpha value is -0.820. The van der Waals surface area contributed by atoms with Gasteiger partial charge in [-0.05, 0) is 37.5 Å². The number of nitrogens with zero attached hydrogens (tertiary/aromatic N) is 1. The van der Waals surface area contributed by atoms with Gasteiger partial charge < -0.3 is 15.8 Å². The molecule has 0 spiro atoms. The molecule has 0 unspecified atom stereocenters. The van der Waals surface area contributed by atoms with Gasteiger partial charge in [0.05, 0.1) is 19.3 Å². The minimum atomic E-state index is 0. The van der Waals surface area contributed by atoms with Crippen LogP contribution in [-0.4, -0.2) is 25.2 Å². The van der Waals surface area contributed by atoms with Gasteiger partial charge in [-0.3, -0.25) is 4.99 Å². The molecule has 1 aliphatic rings. The molecule has 2 rings (SSSR count). The van der Waals surface area contributed by atoms with E-state index in [4.69, 9.17) is 10.5 Å². The van der Waals surface area contributed by atoms with Crippen molar-refractivity contribution < 1.29 is 4.74 Å². The zero-order valence-corrected chi connectivity index (χ0v) is 15.7. The van der Waals surface area contributed by atoms with Crippen molar-refractivity contribution >= 4 is 35.6 Å². The number of hydrogen-bond donors (Lipinski definition) is 2. The van der Waals surface area contributed by atoms with Crippen LogP contribution in [0.5, 0.6) is 0 Å². The lowest BCUT2D eigenvalue weighted by molar-refractivity contribution is 0.0487. The molecule has 1 aromatic carbocycles. The monoisotopic (exact) mass is 417 g/mol. The summed E-state index contributed by atoms with van der Waals surface area (Å²) in [6, 6.07) is 8.08. The lowest BCUT2D eigenvalue weighted by Gasteiger charge is -2.14. The minimum Gasteiger partial charge on any atom is -0.376 e. The Morgan fingerprint density at radius 3 is 2.68 bits per heavy atom. The smallest absolute Gasteiger partial charge is 0.193 e. The van der Waals surface area contributed by atoms with Gasteiger partial charge in [0, 0.05) is 5.69 Å². The molecule has 0 saturated heterocycles. The van der Waals surface area contributed by atoms with Crippen molar-refractivity contribution in [1.29, 1.82) is 0 Å². The van der Waals surface area contributed by atoms with Gasteiger partial charge in [-0.15, -0.1) is 24.0 Å². The van der Waals surface area contributed by atoms with Crippen LogP contribution in [0.2, 0.25) is 0 Å². The standard InChI is InChI=1S/C17H27N3O.HI/c1-14-7-6-8-15(13-14)20-17(18)19-11-12-21-16-9-4-2-3-5-10-16;/h6-8,13,16H,2-5,9-12H2,1H3,(H3,18,19,20);1H. The first kappa shape index (κ1) is 19.2. The van der Waals surface area contributed by atoms with Gasteiger partial charge in [0.25, 0.3) is 0 Å². The molecule has 4 nitrogen and oxygen atoms in total. The zero-order valence-electron chi connectivity index (χ0n) is 13.4. The SMILES string of the molecule is Cc1cccc(NC(N)=NCCOC2CCCCCC2)c1.I. The van der Waals surface area contributed by atoms with Gasteiger partial charge in [-0.1, -0.05) is 37.8 Å². The summed E-state index contributed by atoms with van der Waals surface area (Å²) in [6.45, 7) is 3.32. The number of rotatable bonds is 5. The van der Waals surface area contributed by atoms with Crippen LogP contribution in [-0.2, 0) is 4.74 Å². The largest absolute Gasteiger partial charge is 0.376 e. The quantitative estimate of drug-likeness (QED) is 0.250. The molecule has 1 saturated carbocycles. The molecule has 0 atom stereocenters.